The zero-order valence-electron chi connectivity index (χ0n) is 19.2. The summed E-state index contributed by atoms with van der Waals surface area (Å²) in [7, 11) is 1.77. The molecule has 0 radical (unpaired) electrons. The van der Waals surface area contributed by atoms with Crippen molar-refractivity contribution in [3.63, 3.8) is 0 Å². The minimum absolute atomic E-state index is 0. The third-order valence-electron chi connectivity index (χ3n) is 5.39. The van der Waals surface area contributed by atoms with Crippen molar-refractivity contribution in [3.8, 4) is 0 Å². The second-order valence-electron chi connectivity index (χ2n) is 7.51. The molecule has 176 valence electrons. The lowest BCUT2D eigenvalue weighted by molar-refractivity contribution is 0.0203. The maximum Gasteiger partial charge on any atom is 0.253 e. The number of hydrogen-bond donors (Lipinski definition) is 2. The van der Waals surface area contributed by atoms with Crippen molar-refractivity contribution in [2.24, 2.45) is 10.9 Å². The summed E-state index contributed by atoms with van der Waals surface area (Å²) in [6.45, 7) is 10.2. The zero-order valence-corrected chi connectivity index (χ0v) is 21.5. The number of carbonyl (C=O) groups excluding carboxylic acids is 1. The molecule has 31 heavy (non-hydrogen) atoms. The summed E-state index contributed by atoms with van der Waals surface area (Å²) in [4.78, 5) is 18.5. The van der Waals surface area contributed by atoms with Gasteiger partial charge in [0.05, 0.1) is 0 Å². The van der Waals surface area contributed by atoms with E-state index in [9.17, 15) is 4.79 Å². The van der Waals surface area contributed by atoms with Gasteiger partial charge in [-0.2, -0.15) is 0 Å². The molecule has 0 aromatic heterocycles. The normalized spacial score (nSPS) is 14.6. The molecule has 2 rings (SSSR count). The van der Waals surface area contributed by atoms with E-state index >= 15 is 0 Å². The number of nitrogens with zero attached hydrogens (tertiary/aromatic N) is 2. The maximum absolute atomic E-state index is 12.4. The summed E-state index contributed by atoms with van der Waals surface area (Å²) < 4.78 is 11.2. The predicted octanol–water partition coefficient (Wildman–Crippen LogP) is 3.28. The van der Waals surface area contributed by atoms with Crippen molar-refractivity contribution in [3.05, 3.63) is 35.4 Å². The number of aliphatic imine (C=N–C) groups is 1. The number of nitrogens with one attached hydrogen (secondary N) is 2. The molecule has 1 heterocycles. The van der Waals surface area contributed by atoms with Gasteiger partial charge < -0.3 is 25.0 Å². The Balaban J connectivity index is 0.00000480. The lowest BCUT2D eigenvalue weighted by Gasteiger charge is -2.21. The van der Waals surface area contributed by atoms with Crippen LogP contribution in [0.2, 0.25) is 0 Å². The highest BCUT2D eigenvalue weighted by Crippen LogP contribution is 2.14. The van der Waals surface area contributed by atoms with Crippen LogP contribution in [0, 0.1) is 5.92 Å². The number of rotatable bonds is 11. The van der Waals surface area contributed by atoms with Crippen molar-refractivity contribution in [1.29, 1.82) is 0 Å². The molecule has 0 unspecified atom stereocenters. The van der Waals surface area contributed by atoms with Crippen molar-refractivity contribution < 1.29 is 14.3 Å². The number of guanidine groups is 1. The Hall–Kier alpha value is -1.39. The van der Waals surface area contributed by atoms with E-state index in [-0.39, 0.29) is 29.9 Å². The van der Waals surface area contributed by atoms with Crippen molar-refractivity contribution in [2.75, 3.05) is 53.1 Å². The standard InChI is InChI=1S/C23H38N4O3.HI/c1-4-27(5-2)22(28)21-9-7-19(8-10-21)17-26-23(24-3)25-13-6-14-30-18-20-11-15-29-16-12-20;/h7-10,20H,4-6,11-18H2,1-3H3,(H2,24,25,26);1H. The monoisotopic (exact) mass is 546 g/mol. The Kier molecular flexibility index (Phi) is 14.5. The second kappa shape index (κ2) is 16.3. The summed E-state index contributed by atoms with van der Waals surface area (Å²) in [6.07, 6.45) is 3.16. The molecular formula is C23H39IN4O3. The van der Waals surface area contributed by atoms with Gasteiger partial charge in [-0.25, -0.2) is 0 Å². The third kappa shape index (κ3) is 10.2. The first-order chi connectivity index (χ1) is 14.7. The molecule has 0 bridgehead atoms. The quantitative estimate of drug-likeness (QED) is 0.193. The van der Waals surface area contributed by atoms with Crippen LogP contribution in [0.15, 0.2) is 29.3 Å². The average molecular weight is 546 g/mol. The lowest BCUT2D eigenvalue weighted by Crippen LogP contribution is -2.37. The molecule has 1 aromatic rings. The minimum atomic E-state index is 0. The molecule has 2 N–H and O–H groups in total. The average Bonchev–Trinajstić information content (AvgIpc) is 2.80. The van der Waals surface area contributed by atoms with Gasteiger partial charge in [0.25, 0.3) is 5.91 Å². The first-order valence-corrected chi connectivity index (χ1v) is 11.2. The lowest BCUT2D eigenvalue weighted by atomic mass is 10.0. The molecule has 1 fully saturated rings. The van der Waals surface area contributed by atoms with E-state index in [2.05, 4.69) is 15.6 Å². The summed E-state index contributed by atoms with van der Waals surface area (Å²) in [5.41, 5.74) is 1.83. The van der Waals surface area contributed by atoms with Crippen LogP contribution in [0.1, 0.15) is 49.0 Å². The van der Waals surface area contributed by atoms with Crippen LogP contribution in [0.5, 0.6) is 0 Å². The van der Waals surface area contributed by atoms with Crippen molar-refractivity contribution in [2.45, 2.75) is 39.7 Å². The Morgan fingerprint density at radius 2 is 1.84 bits per heavy atom. The summed E-state index contributed by atoms with van der Waals surface area (Å²) >= 11 is 0. The predicted molar refractivity (Wildman–Crippen MR) is 136 cm³/mol. The number of benzene rings is 1. The molecule has 0 atom stereocenters. The molecular weight excluding hydrogens is 507 g/mol. The Morgan fingerprint density at radius 3 is 2.45 bits per heavy atom. The molecule has 0 aliphatic carbocycles. The number of hydrogen-bond acceptors (Lipinski definition) is 4. The SMILES string of the molecule is CCN(CC)C(=O)c1ccc(CNC(=NC)NCCCOCC2CCOCC2)cc1.I. The summed E-state index contributed by atoms with van der Waals surface area (Å²) in [6, 6.07) is 7.76. The van der Waals surface area contributed by atoms with Gasteiger partial charge in [-0.3, -0.25) is 9.79 Å². The Morgan fingerprint density at radius 1 is 1.16 bits per heavy atom. The minimum Gasteiger partial charge on any atom is -0.381 e. The van der Waals surface area contributed by atoms with Crippen LogP contribution in [-0.2, 0) is 16.0 Å². The largest absolute Gasteiger partial charge is 0.381 e. The van der Waals surface area contributed by atoms with Crippen LogP contribution >= 0.6 is 24.0 Å². The molecule has 1 aliphatic heterocycles. The van der Waals surface area contributed by atoms with Gasteiger partial charge in [0.15, 0.2) is 5.96 Å². The molecule has 1 amide bonds. The molecule has 1 aliphatic rings. The molecule has 0 saturated carbocycles. The fourth-order valence-electron chi connectivity index (χ4n) is 3.41. The number of carbonyl (C=O) groups is 1. The Labute approximate surface area is 204 Å². The summed E-state index contributed by atoms with van der Waals surface area (Å²) in [5.74, 6) is 1.49. The van der Waals surface area contributed by atoms with Crippen LogP contribution in [-0.4, -0.2) is 69.9 Å². The van der Waals surface area contributed by atoms with E-state index in [1.165, 1.54) is 0 Å². The smallest absolute Gasteiger partial charge is 0.253 e. The maximum atomic E-state index is 12.4. The van der Waals surface area contributed by atoms with Crippen molar-refractivity contribution >= 4 is 35.8 Å². The van der Waals surface area contributed by atoms with E-state index in [1.807, 2.05) is 43.0 Å². The fourth-order valence-corrected chi connectivity index (χ4v) is 3.41. The van der Waals surface area contributed by atoms with Gasteiger partial charge in [0.2, 0.25) is 0 Å². The highest BCUT2D eigenvalue weighted by Gasteiger charge is 2.13. The van der Waals surface area contributed by atoms with Gasteiger partial charge in [0.1, 0.15) is 0 Å². The highest BCUT2D eigenvalue weighted by atomic mass is 127. The first-order valence-electron chi connectivity index (χ1n) is 11.2. The molecule has 1 aromatic carbocycles. The van der Waals surface area contributed by atoms with Gasteiger partial charge >= 0.3 is 0 Å². The van der Waals surface area contributed by atoms with E-state index in [0.29, 0.717) is 12.5 Å². The van der Waals surface area contributed by atoms with Crippen LogP contribution in [0.25, 0.3) is 0 Å². The highest BCUT2D eigenvalue weighted by molar-refractivity contribution is 14.0. The van der Waals surface area contributed by atoms with Crippen LogP contribution in [0.4, 0.5) is 0 Å². The fraction of sp³-hybridized carbons (Fsp3) is 0.652. The van der Waals surface area contributed by atoms with E-state index in [4.69, 9.17) is 9.47 Å². The van der Waals surface area contributed by atoms with E-state index in [0.717, 1.165) is 82.4 Å². The number of ether oxygens (including phenoxy) is 2. The Bertz CT molecular complexity index is 645. The molecule has 1 saturated heterocycles. The third-order valence-corrected chi connectivity index (χ3v) is 5.39. The van der Waals surface area contributed by atoms with Gasteiger partial charge in [0, 0.05) is 65.2 Å². The number of halogens is 1. The van der Waals surface area contributed by atoms with Crippen LogP contribution < -0.4 is 10.6 Å². The molecule has 7 nitrogen and oxygen atoms in total. The first kappa shape index (κ1) is 27.6. The number of amides is 1. The van der Waals surface area contributed by atoms with Gasteiger partial charge in [-0.15, -0.1) is 24.0 Å². The molecule has 0 spiro atoms. The van der Waals surface area contributed by atoms with E-state index in [1.54, 1.807) is 7.05 Å². The molecule has 8 heteroatoms. The van der Waals surface area contributed by atoms with Crippen LogP contribution in [0.3, 0.4) is 0 Å². The second-order valence-corrected chi connectivity index (χ2v) is 7.51. The zero-order chi connectivity index (χ0) is 21.6. The van der Waals surface area contributed by atoms with Gasteiger partial charge in [-0.05, 0) is 56.7 Å². The topological polar surface area (TPSA) is 75.2 Å². The van der Waals surface area contributed by atoms with Gasteiger partial charge in [-0.1, -0.05) is 12.1 Å². The van der Waals surface area contributed by atoms with E-state index < -0.39 is 0 Å². The summed E-state index contributed by atoms with van der Waals surface area (Å²) in [5, 5.41) is 6.63. The van der Waals surface area contributed by atoms with Crippen molar-refractivity contribution in [1.82, 2.24) is 15.5 Å².